The molecular formula is C18H18FN5O2S2. The number of rotatable bonds is 5. The van der Waals surface area contributed by atoms with Crippen LogP contribution in [-0.2, 0) is 20.8 Å². The molecule has 0 spiro atoms. The van der Waals surface area contributed by atoms with Crippen LogP contribution in [0.1, 0.15) is 16.8 Å². The summed E-state index contributed by atoms with van der Waals surface area (Å²) in [6, 6.07) is 13.0. The molecule has 3 aromatic rings. The third kappa shape index (κ3) is 3.03. The number of sulfonamides is 1. The average molecular weight is 420 g/mol. The fourth-order valence-electron chi connectivity index (χ4n) is 3.13. The lowest BCUT2D eigenvalue weighted by Crippen LogP contribution is -2.45. The van der Waals surface area contributed by atoms with Crippen molar-refractivity contribution in [1.82, 2.24) is 14.9 Å². The number of thioether (sulfide) groups is 1. The molecule has 5 N–H and O–H groups in total. The molecule has 0 saturated carbocycles. The topological polar surface area (TPSA) is 113 Å². The number of para-hydroxylation sites is 1. The summed E-state index contributed by atoms with van der Waals surface area (Å²) < 4.78 is 41.2. The Kier molecular flexibility index (Phi) is 4.56. The van der Waals surface area contributed by atoms with Crippen LogP contribution in [-0.4, -0.2) is 18.6 Å². The van der Waals surface area contributed by atoms with Crippen molar-refractivity contribution in [3.8, 4) is 0 Å². The van der Waals surface area contributed by atoms with Crippen LogP contribution in [0, 0.1) is 12.7 Å². The number of hydrogen-bond donors (Lipinski definition) is 4. The Morgan fingerprint density at radius 2 is 1.93 bits per heavy atom. The molecule has 1 atom stereocenters. The number of hydrogen-bond acceptors (Lipinski definition) is 6. The molecule has 10 heteroatoms. The Morgan fingerprint density at radius 1 is 1.21 bits per heavy atom. The number of aryl methyl sites for hydroxylation is 1. The molecule has 2 aromatic carbocycles. The van der Waals surface area contributed by atoms with E-state index in [-0.39, 0.29) is 18.2 Å². The summed E-state index contributed by atoms with van der Waals surface area (Å²) in [6.45, 7) is 1.74. The Balaban J connectivity index is 1.75. The second kappa shape index (κ2) is 6.80. The molecule has 1 aliphatic rings. The normalized spacial score (nSPS) is 18.6. The standard InChI is InChI=1S/C18H18FN5O2S2/c1-11-16(17(20)24-23-11)18(22-14-4-2-3-5-15(14)27-18)28(25,26)21-10-12-6-8-13(19)9-7-12/h2-9,21-22H,10H2,1H3,(H3,20,23,24). The van der Waals surface area contributed by atoms with Gasteiger partial charge in [-0.05, 0) is 36.8 Å². The number of anilines is 2. The highest BCUT2D eigenvalue weighted by atomic mass is 32.3. The zero-order valence-electron chi connectivity index (χ0n) is 14.9. The van der Waals surface area contributed by atoms with Crippen LogP contribution >= 0.6 is 11.8 Å². The van der Waals surface area contributed by atoms with Gasteiger partial charge in [-0.15, -0.1) is 0 Å². The first-order valence-electron chi connectivity index (χ1n) is 8.43. The van der Waals surface area contributed by atoms with Crippen molar-refractivity contribution >= 4 is 33.3 Å². The van der Waals surface area contributed by atoms with Gasteiger partial charge in [0, 0.05) is 17.1 Å². The summed E-state index contributed by atoms with van der Waals surface area (Å²) in [5.74, 6) is -0.272. The number of nitrogens with two attached hydrogens (primary N) is 1. The Morgan fingerprint density at radius 3 is 2.57 bits per heavy atom. The van der Waals surface area contributed by atoms with Gasteiger partial charge in [0.1, 0.15) is 5.82 Å². The Hall–Kier alpha value is -2.56. The van der Waals surface area contributed by atoms with Gasteiger partial charge in [-0.25, -0.2) is 17.5 Å². The van der Waals surface area contributed by atoms with Crippen LogP contribution in [0.15, 0.2) is 53.4 Å². The summed E-state index contributed by atoms with van der Waals surface area (Å²) in [5, 5.41) is 9.86. The SMILES string of the molecule is Cc1[nH]nc(N)c1C1(S(=O)(=O)NCc2ccc(F)cc2)Nc2ccccc2S1. The first-order valence-corrected chi connectivity index (χ1v) is 10.7. The molecule has 4 rings (SSSR count). The van der Waals surface area contributed by atoms with Crippen molar-refractivity contribution < 1.29 is 12.8 Å². The van der Waals surface area contributed by atoms with E-state index in [1.807, 2.05) is 24.3 Å². The molecule has 0 radical (unpaired) electrons. The molecule has 146 valence electrons. The van der Waals surface area contributed by atoms with Gasteiger partial charge in [0.25, 0.3) is 10.0 Å². The molecule has 0 aliphatic carbocycles. The lowest BCUT2D eigenvalue weighted by molar-refractivity contribution is 0.567. The molecule has 0 amide bonds. The predicted molar refractivity (Wildman–Crippen MR) is 107 cm³/mol. The summed E-state index contributed by atoms with van der Waals surface area (Å²) in [7, 11) is -4.00. The van der Waals surface area contributed by atoms with Crippen LogP contribution in [0.2, 0.25) is 0 Å². The molecular weight excluding hydrogens is 401 g/mol. The maximum absolute atomic E-state index is 13.5. The molecule has 1 aromatic heterocycles. The molecule has 28 heavy (non-hydrogen) atoms. The summed E-state index contributed by atoms with van der Waals surface area (Å²) in [4.78, 5) is 0.787. The minimum atomic E-state index is -4.00. The number of nitrogens with zero attached hydrogens (tertiary/aromatic N) is 1. The number of benzene rings is 2. The van der Waals surface area contributed by atoms with Gasteiger partial charge in [-0.3, -0.25) is 5.10 Å². The van der Waals surface area contributed by atoms with Crippen molar-refractivity contribution in [2.75, 3.05) is 11.1 Å². The van der Waals surface area contributed by atoms with E-state index in [0.717, 1.165) is 16.7 Å². The summed E-state index contributed by atoms with van der Waals surface area (Å²) in [5.41, 5.74) is 8.28. The fourth-order valence-corrected chi connectivity index (χ4v) is 6.55. The van der Waals surface area contributed by atoms with Crippen molar-refractivity contribution in [2.24, 2.45) is 0 Å². The Labute approximate surface area is 166 Å². The van der Waals surface area contributed by atoms with E-state index in [1.165, 1.54) is 24.3 Å². The van der Waals surface area contributed by atoms with Crippen molar-refractivity contribution in [3.63, 3.8) is 0 Å². The predicted octanol–water partition coefficient (Wildman–Crippen LogP) is 2.89. The largest absolute Gasteiger partial charge is 0.382 e. The monoisotopic (exact) mass is 419 g/mol. The molecule has 0 fully saturated rings. The lowest BCUT2D eigenvalue weighted by Gasteiger charge is -2.29. The summed E-state index contributed by atoms with van der Waals surface area (Å²) >= 11 is 1.15. The lowest BCUT2D eigenvalue weighted by atomic mass is 10.2. The van der Waals surface area contributed by atoms with E-state index in [9.17, 15) is 12.8 Å². The third-order valence-electron chi connectivity index (χ3n) is 4.50. The number of aromatic amines is 1. The number of H-pyrrole nitrogens is 1. The maximum Gasteiger partial charge on any atom is 0.250 e. The molecule has 0 bridgehead atoms. The van der Waals surface area contributed by atoms with Gasteiger partial charge in [-0.1, -0.05) is 36.0 Å². The average Bonchev–Trinajstić information content (AvgIpc) is 3.22. The maximum atomic E-state index is 13.5. The number of fused-ring (bicyclic) bond motifs is 1. The highest BCUT2D eigenvalue weighted by Gasteiger charge is 2.53. The van der Waals surface area contributed by atoms with Crippen LogP contribution < -0.4 is 15.8 Å². The highest BCUT2D eigenvalue weighted by molar-refractivity contribution is 8.13. The highest BCUT2D eigenvalue weighted by Crippen LogP contribution is 2.55. The first kappa shape index (κ1) is 18.8. The quantitative estimate of drug-likeness (QED) is 0.506. The van der Waals surface area contributed by atoms with Crippen LogP contribution in [0.25, 0.3) is 0 Å². The molecule has 0 saturated heterocycles. The first-order chi connectivity index (χ1) is 13.3. The van der Waals surface area contributed by atoms with E-state index in [1.54, 1.807) is 6.92 Å². The molecule has 7 nitrogen and oxygen atoms in total. The van der Waals surface area contributed by atoms with Crippen LogP contribution in [0.4, 0.5) is 15.9 Å². The second-order valence-electron chi connectivity index (χ2n) is 6.40. The Bertz CT molecular complexity index is 1080. The van der Waals surface area contributed by atoms with Gasteiger partial charge in [0.2, 0.25) is 4.20 Å². The van der Waals surface area contributed by atoms with Gasteiger partial charge in [-0.2, -0.15) is 5.10 Å². The molecule has 2 heterocycles. The van der Waals surface area contributed by atoms with Crippen LogP contribution in [0.3, 0.4) is 0 Å². The van der Waals surface area contributed by atoms with Crippen LogP contribution in [0.5, 0.6) is 0 Å². The molecule has 1 unspecified atom stereocenters. The van der Waals surface area contributed by atoms with Crippen molar-refractivity contribution in [3.05, 3.63) is 71.2 Å². The number of aromatic nitrogens is 2. The van der Waals surface area contributed by atoms with Gasteiger partial charge in [0.15, 0.2) is 5.82 Å². The minimum absolute atomic E-state index is 0.0136. The van der Waals surface area contributed by atoms with E-state index in [2.05, 4.69) is 20.2 Å². The number of nitrogen functional groups attached to an aromatic ring is 1. The van der Waals surface area contributed by atoms with E-state index >= 15 is 0 Å². The molecule has 1 aliphatic heterocycles. The number of halogens is 1. The van der Waals surface area contributed by atoms with Gasteiger partial charge >= 0.3 is 0 Å². The van der Waals surface area contributed by atoms with Crippen molar-refractivity contribution in [1.29, 1.82) is 0 Å². The fraction of sp³-hybridized carbons (Fsp3) is 0.167. The third-order valence-corrected chi connectivity index (χ3v) is 8.17. The second-order valence-corrected chi connectivity index (χ2v) is 9.82. The smallest absolute Gasteiger partial charge is 0.250 e. The summed E-state index contributed by atoms with van der Waals surface area (Å²) in [6.07, 6.45) is 0. The van der Waals surface area contributed by atoms with Gasteiger partial charge < -0.3 is 11.1 Å². The zero-order valence-corrected chi connectivity index (χ0v) is 16.5. The van der Waals surface area contributed by atoms with E-state index in [4.69, 9.17) is 5.73 Å². The number of nitrogens with one attached hydrogen (secondary N) is 3. The van der Waals surface area contributed by atoms with E-state index < -0.39 is 14.2 Å². The zero-order chi connectivity index (χ0) is 19.9. The minimum Gasteiger partial charge on any atom is -0.382 e. The van der Waals surface area contributed by atoms with Gasteiger partial charge in [0.05, 0.1) is 11.3 Å². The van der Waals surface area contributed by atoms with Crippen molar-refractivity contribution in [2.45, 2.75) is 22.6 Å². The van der Waals surface area contributed by atoms with E-state index in [0.29, 0.717) is 22.5 Å².